The molecular formula is C16H15N3O5. The highest BCUT2D eigenvalue weighted by Crippen LogP contribution is 2.23. The van der Waals surface area contributed by atoms with E-state index in [1.54, 1.807) is 6.92 Å². The van der Waals surface area contributed by atoms with Crippen molar-refractivity contribution in [3.05, 3.63) is 57.9 Å². The van der Waals surface area contributed by atoms with Crippen LogP contribution in [-0.4, -0.2) is 28.2 Å². The first kappa shape index (κ1) is 17.1. The van der Waals surface area contributed by atoms with E-state index in [4.69, 9.17) is 4.74 Å². The van der Waals surface area contributed by atoms with Gasteiger partial charge in [0.15, 0.2) is 12.4 Å². The molecule has 8 heteroatoms. The number of ether oxygens (including phenoxy) is 1. The zero-order valence-corrected chi connectivity index (χ0v) is 13.1. The Hall–Kier alpha value is -3.29. The van der Waals surface area contributed by atoms with Crippen molar-refractivity contribution in [1.29, 1.82) is 0 Å². The maximum atomic E-state index is 11.9. The number of Topliss-reactive ketones (excluding diaryl/α,β-unsaturated/α-hetero) is 1. The van der Waals surface area contributed by atoms with Gasteiger partial charge in [-0.05, 0) is 32.0 Å². The van der Waals surface area contributed by atoms with Gasteiger partial charge in [0.2, 0.25) is 0 Å². The van der Waals surface area contributed by atoms with Gasteiger partial charge in [-0.1, -0.05) is 0 Å². The molecule has 0 spiro atoms. The Balaban J connectivity index is 2.00. The number of hydrogen-bond acceptors (Lipinski definition) is 6. The van der Waals surface area contributed by atoms with Crippen molar-refractivity contribution in [3.8, 4) is 5.75 Å². The minimum atomic E-state index is -0.488. The van der Waals surface area contributed by atoms with Crippen LogP contribution in [0.3, 0.4) is 0 Å². The van der Waals surface area contributed by atoms with E-state index < -0.39 is 10.8 Å². The van der Waals surface area contributed by atoms with Gasteiger partial charge in [-0.3, -0.25) is 24.7 Å². The van der Waals surface area contributed by atoms with Crippen LogP contribution in [-0.2, 0) is 4.79 Å². The molecular weight excluding hydrogens is 314 g/mol. The van der Waals surface area contributed by atoms with Gasteiger partial charge >= 0.3 is 0 Å². The Labute approximate surface area is 137 Å². The molecule has 24 heavy (non-hydrogen) atoms. The Morgan fingerprint density at radius 1 is 1.33 bits per heavy atom. The zero-order valence-electron chi connectivity index (χ0n) is 13.1. The second-order valence-electron chi connectivity index (χ2n) is 5.02. The second kappa shape index (κ2) is 7.32. The number of pyridine rings is 1. The molecule has 0 atom stereocenters. The fraction of sp³-hybridized carbons (Fsp3) is 0.188. The number of hydrogen-bond donors (Lipinski definition) is 1. The quantitative estimate of drug-likeness (QED) is 0.495. The molecule has 1 aromatic carbocycles. The summed E-state index contributed by atoms with van der Waals surface area (Å²) in [4.78, 5) is 37.5. The molecule has 2 rings (SSSR count). The van der Waals surface area contributed by atoms with Gasteiger partial charge in [0.05, 0.1) is 16.2 Å². The lowest BCUT2D eigenvalue weighted by Crippen LogP contribution is -2.21. The Kier molecular flexibility index (Phi) is 5.20. The first-order valence-corrected chi connectivity index (χ1v) is 7.01. The number of ketones is 1. The molecule has 8 nitrogen and oxygen atoms in total. The highest BCUT2D eigenvalue weighted by Gasteiger charge is 2.13. The maximum Gasteiger partial charge on any atom is 0.272 e. The maximum absolute atomic E-state index is 11.9. The van der Waals surface area contributed by atoms with Crippen molar-refractivity contribution in [2.24, 2.45) is 0 Å². The molecule has 0 unspecified atom stereocenters. The molecule has 2 aromatic rings. The van der Waals surface area contributed by atoms with Gasteiger partial charge in [-0.25, -0.2) is 0 Å². The van der Waals surface area contributed by atoms with E-state index in [9.17, 15) is 19.7 Å². The largest absolute Gasteiger partial charge is 0.484 e. The summed E-state index contributed by atoms with van der Waals surface area (Å²) < 4.78 is 5.32. The number of rotatable bonds is 6. The number of aryl methyl sites for hydroxylation is 1. The third-order valence-electron chi connectivity index (χ3n) is 3.21. The number of nitro groups is 1. The topological polar surface area (TPSA) is 111 Å². The van der Waals surface area contributed by atoms with E-state index >= 15 is 0 Å². The van der Waals surface area contributed by atoms with Crippen LogP contribution in [0.15, 0.2) is 36.7 Å². The van der Waals surface area contributed by atoms with Crippen molar-refractivity contribution >= 4 is 23.1 Å². The third kappa shape index (κ3) is 4.13. The van der Waals surface area contributed by atoms with Crippen molar-refractivity contribution in [2.45, 2.75) is 13.8 Å². The lowest BCUT2D eigenvalue weighted by atomic mass is 10.1. The Bertz CT molecular complexity index is 804. The van der Waals surface area contributed by atoms with Gasteiger partial charge in [-0.15, -0.1) is 0 Å². The minimum absolute atomic E-state index is 0.0188. The van der Waals surface area contributed by atoms with Gasteiger partial charge < -0.3 is 10.1 Å². The molecule has 0 bridgehead atoms. The highest BCUT2D eigenvalue weighted by atomic mass is 16.6. The van der Waals surface area contributed by atoms with Crippen LogP contribution in [0.1, 0.15) is 22.8 Å². The van der Waals surface area contributed by atoms with Crippen molar-refractivity contribution < 1.29 is 19.2 Å². The molecule has 1 heterocycles. The number of anilines is 1. The molecule has 0 saturated heterocycles. The fourth-order valence-corrected chi connectivity index (χ4v) is 2.04. The summed E-state index contributed by atoms with van der Waals surface area (Å²) in [5.74, 6) is -0.334. The number of amides is 1. The predicted molar refractivity (Wildman–Crippen MR) is 86.2 cm³/mol. The molecule has 0 saturated carbocycles. The normalized spacial score (nSPS) is 10.1. The van der Waals surface area contributed by atoms with E-state index in [0.717, 1.165) is 0 Å². The lowest BCUT2D eigenvalue weighted by Gasteiger charge is -2.10. The average molecular weight is 329 g/mol. The van der Waals surface area contributed by atoms with E-state index in [2.05, 4.69) is 10.3 Å². The third-order valence-corrected chi connectivity index (χ3v) is 3.21. The zero-order chi connectivity index (χ0) is 17.7. The molecule has 1 amide bonds. The molecule has 0 fully saturated rings. The summed E-state index contributed by atoms with van der Waals surface area (Å²) >= 11 is 0. The first-order chi connectivity index (χ1) is 11.4. The fourth-order valence-electron chi connectivity index (χ4n) is 2.04. The summed E-state index contributed by atoms with van der Waals surface area (Å²) in [6, 6.07) is 5.74. The molecule has 1 N–H and O–H groups in total. The van der Waals surface area contributed by atoms with Gasteiger partial charge in [0.1, 0.15) is 5.75 Å². The minimum Gasteiger partial charge on any atom is -0.484 e. The number of nitrogens with one attached hydrogen (secondary N) is 1. The smallest absolute Gasteiger partial charge is 0.272 e. The predicted octanol–water partition coefficient (Wildman–Crippen LogP) is 2.52. The van der Waals surface area contributed by atoms with Gasteiger partial charge in [-0.2, -0.15) is 0 Å². The number of nitrogens with zero attached hydrogens (tertiary/aromatic N) is 2. The standard InChI is InChI=1S/C16H15N3O5/c1-10-7-12(3-4-15(10)19(22)23)24-9-16(21)18-14-5-6-17-8-13(14)11(2)20/h3-8H,9H2,1-2H3,(H,17,18,21). The summed E-state index contributed by atoms with van der Waals surface area (Å²) in [7, 11) is 0. The van der Waals surface area contributed by atoms with Crippen molar-refractivity contribution in [2.75, 3.05) is 11.9 Å². The second-order valence-corrected chi connectivity index (χ2v) is 5.02. The summed E-state index contributed by atoms with van der Waals surface area (Å²) in [6.07, 6.45) is 2.83. The molecule has 0 aliphatic carbocycles. The highest BCUT2D eigenvalue weighted by molar-refractivity contribution is 6.03. The van der Waals surface area contributed by atoms with Crippen LogP contribution in [0.2, 0.25) is 0 Å². The average Bonchev–Trinajstić information content (AvgIpc) is 2.53. The molecule has 124 valence electrons. The number of nitro benzene ring substituents is 1. The molecule has 0 aliphatic rings. The Morgan fingerprint density at radius 3 is 2.71 bits per heavy atom. The van der Waals surface area contributed by atoms with E-state index in [1.807, 2.05) is 0 Å². The number of carbonyl (C=O) groups is 2. The van der Waals surface area contributed by atoms with E-state index in [1.165, 1.54) is 43.6 Å². The van der Waals surface area contributed by atoms with Gasteiger partial charge in [0, 0.05) is 24.0 Å². The van der Waals surface area contributed by atoms with E-state index in [0.29, 0.717) is 22.6 Å². The van der Waals surface area contributed by atoms with Crippen molar-refractivity contribution in [3.63, 3.8) is 0 Å². The van der Waals surface area contributed by atoms with Crippen LogP contribution in [0.4, 0.5) is 11.4 Å². The first-order valence-electron chi connectivity index (χ1n) is 7.01. The van der Waals surface area contributed by atoms with Crippen LogP contribution < -0.4 is 10.1 Å². The summed E-state index contributed by atoms with van der Waals surface area (Å²) in [6.45, 7) is 2.67. The monoisotopic (exact) mass is 329 g/mol. The number of carbonyl (C=O) groups excluding carboxylic acids is 2. The van der Waals surface area contributed by atoms with Crippen molar-refractivity contribution in [1.82, 2.24) is 4.98 Å². The number of aromatic nitrogens is 1. The van der Waals surface area contributed by atoms with Gasteiger partial charge in [0.25, 0.3) is 11.6 Å². The van der Waals surface area contributed by atoms with E-state index in [-0.39, 0.29) is 18.1 Å². The number of benzene rings is 1. The summed E-state index contributed by atoms with van der Waals surface area (Å²) in [5, 5.41) is 13.3. The molecule has 0 radical (unpaired) electrons. The van der Waals surface area contributed by atoms with Crippen LogP contribution >= 0.6 is 0 Å². The molecule has 1 aromatic heterocycles. The SMILES string of the molecule is CC(=O)c1cnccc1NC(=O)COc1ccc([N+](=O)[O-])c(C)c1. The summed E-state index contributed by atoms with van der Waals surface area (Å²) in [5.41, 5.74) is 1.07. The Morgan fingerprint density at radius 2 is 2.08 bits per heavy atom. The van der Waals surface area contributed by atoms with Crippen LogP contribution in [0.5, 0.6) is 5.75 Å². The van der Waals surface area contributed by atoms with Crippen LogP contribution in [0.25, 0.3) is 0 Å². The molecule has 0 aliphatic heterocycles. The lowest BCUT2D eigenvalue weighted by molar-refractivity contribution is -0.385. The van der Waals surface area contributed by atoms with Crippen LogP contribution in [0, 0.1) is 17.0 Å².